The van der Waals surface area contributed by atoms with Crippen molar-refractivity contribution in [2.45, 2.75) is 25.2 Å². The molecule has 3 rings (SSSR count). The van der Waals surface area contributed by atoms with E-state index in [0.29, 0.717) is 10.7 Å². The lowest BCUT2D eigenvalue weighted by molar-refractivity contribution is -0.120. The summed E-state index contributed by atoms with van der Waals surface area (Å²) in [5.41, 5.74) is 2.31. The van der Waals surface area contributed by atoms with E-state index in [2.05, 4.69) is 23.5 Å². The number of nitriles is 1. The van der Waals surface area contributed by atoms with Crippen molar-refractivity contribution in [1.82, 2.24) is 0 Å². The first-order chi connectivity index (χ1) is 12.2. The highest BCUT2D eigenvalue weighted by Crippen LogP contribution is 2.32. The van der Waals surface area contributed by atoms with Crippen LogP contribution in [0.4, 0.5) is 5.69 Å². The lowest BCUT2D eigenvalue weighted by Gasteiger charge is -2.18. The van der Waals surface area contributed by atoms with Crippen molar-refractivity contribution in [2.75, 3.05) is 5.32 Å². The van der Waals surface area contributed by atoms with Gasteiger partial charge in [0.05, 0.1) is 12.0 Å². The van der Waals surface area contributed by atoms with Gasteiger partial charge in [-0.25, -0.2) is 0 Å². The monoisotopic (exact) mass is 350 g/mol. The van der Waals surface area contributed by atoms with Crippen molar-refractivity contribution in [1.29, 1.82) is 5.26 Å². The first kappa shape index (κ1) is 17.3. The predicted octanol–water partition coefficient (Wildman–Crippen LogP) is 5.29. The molecule has 0 saturated heterocycles. The van der Waals surface area contributed by atoms with Gasteiger partial charge < -0.3 is 5.32 Å². The van der Waals surface area contributed by atoms with Gasteiger partial charge in [0, 0.05) is 16.6 Å². The van der Waals surface area contributed by atoms with Crippen LogP contribution in [0.15, 0.2) is 60.7 Å². The zero-order valence-corrected chi connectivity index (χ0v) is 14.5. The van der Waals surface area contributed by atoms with Crippen LogP contribution in [0.1, 0.15) is 36.3 Å². The van der Waals surface area contributed by atoms with Crippen LogP contribution in [0.25, 0.3) is 0 Å². The molecule has 0 heterocycles. The molecule has 1 aliphatic rings. The molecule has 4 heteroatoms. The Bertz CT molecular complexity index is 824. The van der Waals surface area contributed by atoms with Gasteiger partial charge in [0.2, 0.25) is 5.91 Å². The Morgan fingerprint density at radius 3 is 2.64 bits per heavy atom. The molecule has 25 heavy (non-hydrogen) atoms. The Kier molecular flexibility index (Phi) is 5.53. The Morgan fingerprint density at radius 1 is 1.20 bits per heavy atom. The van der Waals surface area contributed by atoms with Crippen LogP contribution in [0.3, 0.4) is 0 Å². The molecular weight excluding hydrogens is 332 g/mol. The van der Waals surface area contributed by atoms with Crippen molar-refractivity contribution in [3.63, 3.8) is 0 Å². The largest absolute Gasteiger partial charge is 0.326 e. The quantitative estimate of drug-likeness (QED) is 0.761. The maximum atomic E-state index is 12.3. The molecule has 3 nitrogen and oxygen atoms in total. The van der Waals surface area contributed by atoms with Gasteiger partial charge >= 0.3 is 0 Å². The summed E-state index contributed by atoms with van der Waals surface area (Å²) < 4.78 is 0. The third-order valence-electron chi connectivity index (χ3n) is 4.48. The van der Waals surface area contributed by atoms with Gasteiger partial charge in [-0.05, 0) is 42.5 Å². The zero-order chi connectivity index (χ0) is 17.6. The van der Waals surface area contributed by atoms with Crippen LogP contribution in [-0.2, 0) is 4.79 Å². The van der Waals surface area contributed by atoms with Crippen LogP contribution in [0, 0.1) is 17.2 Å². The molecule has 0 fully saturated rings. The van der Waals surface area contributed by atoms with Gasteiger partial charge in [-0.15, -0.1) is 0 Å². The maximum absolute atomic E-state index is 12.3. The van der Waals surface area contributed by atoms with Crippen LogP contribution in [-0.4, -0.2) is 5.91 Å². The maximum Gasteiger partial charge on any atom is 0.227 e. The summed E-state index contributed by atoms with van der Waals surface area (Å²) >= 11 is 6.41. The Labute approximate surface area is 152 Å². The summed E-state index contributed by atoms with van der Waals surface area (Å²) in [5.74, 6) is -0.394. The third kappa shape index (κ3) is 4.10. The lowest BCUT2D eigenvalue weighted by Crippen LogP contribution is -2.23. The molecule has 2 aromatic rings. The summed E-state index contributed by atoms with van der Waals surface area (Å²) in [6.07, 6.45) is 6.77. The third-order valence-corrected chi connectivity index (χ3v) is 4.81. The molecule has 0 saturated carbocycles. The number of anilines is 1. The van der Waals surface area contributed by atoms with Crippen LogP contribution >= 0.6 is 11.6 Å². The van der Waals surface area contributed by atoms with Crippen LogP contribution in [0.5, 0.6) is 0 Å². The standard InChI is InChI=1S/C21H19ClN2O/c22-20-13-17(24-21(25)16-9-5-2-6-10-16)11-12-18(20)19(14-23)15-7-3-1-4-8-15/h1-5,7-8,11-13,16,19H,6,9-10H2,(H,24,25). The zero-order valence-electron chi connectivity index (χ0n) is 13.8. The van der Waals surface area contributed by atoms with E-state index in [-0.39, 0.29) is 11.8 Å². The minimum atomic E-state index is -0.429. The number of hydrogen-bond donors (Lipinski definition) is 1. The number of carbonyl (C=O) groups is 1. The number of nitrogens with zero attached hydrogens (tertiary/aromatic N) is 1. The lowest BCUT2D eigenvalue weighted by atomic mass is 9.92. The van der Waals surface area contributed by atoms with Gasteiger partial charge in [-0.2, -0.15) is 5.26 Å². The molecule has 0 aliphatic heterocycles. The second kappa shape index (κ2) is 8.00. The van der Waals surface area contributed by atoms with Crippen molar-refractivity contribution < 1.29 is 4.79 Å². The highest BCUT2D eigenvalue weighted by Gasteiger charge is 2.20. The van der Waals surface area contributed by atoms with Crippen molar-refractivity contribution in [3.8, 4) is 6.07 Å². The fourth-order valence-electron chi connectivity index (χ4n) is 3.08. The van der Waals surface area contributed by atoms with Crippen molar-refractivity contribution in [2.24, 2.45) is 5.92 Å². The number of rotatable bonds is 4. The molecule has 1 aliphatic carbocycles. The average molecular weight is 351 g/mol. The minimum Gasteiger partial charge on any atom is -0.326 e. The molecule has 0 radical (unpaired) electrons. The summed E-state index contributed by atoms with van der Waals surface area (Å²) in [6, 6.07) is 17.2. The molecular formula is C21H19ClN2O. The van der Waals surface area contributed by atoms with Gasteiger partial charge in [0.25, 0.3) is 0 Å². The molecule has 1 amide bonds. The summed E-state index contributed by atoms with van der Waals surface area (Å²) in [7, 11) is 0. The molecule has 2 unspecified atom stereocenters. The predicted molar refractivity (Wildman–Crippen MR) is 100 cm³/mol. The number of hydrogen-bond acceptors (Lipinski definition) is 2. The van der Waals surface area contributed by atoms with Gasteiger partial charge in [0.15, 0.2) is 0 Å². The summed E-state index contributed by atoms with van der Waals surface area (Å²) in [5, 5.41) is 13.0. The van der Waals surface area contributed by atoms with E-state index in [1.54, 1.807) is 6.07 Å². The molecule has 2 aromatic carbocycles. The van der Waals surface area contributed by atoms with E-state index in [1.807, 2.05) is 42.5 Å². The molecule has 1 N–H and O–H groups in total. The first-order valence-electron chi connectivity index (χ1n) is 8.39. The second-order valence-electron chi connectivity index (χ2n) is 6.18. The van der Waals surface area contributed by atoms with Gasteiger partial charge in [-0.3, -0.25) is 4.79 Å². The molecule has 126 valence electrons. The fraction of sp³-hybridized carbons (Fsp3) is 0.238. The smallest absolute Gasteiger partial charge is 0.227 e. The Hall–Kier alpha value is -2.57. The summed E-state index contributed by atoms with van der Waals surface area (Å²) in [6.45, 7) is 0. The molecule has 2 atom stereocenters. The molecule has 0 aromatic heterocycles. The van der Waals surface area contributed by atoms with E-state index < -0.39 is 5.92 Å². The van der Waals surface area contributed by atoms with E-state index in [1.165, 1.54) is 0 Å². The highest BCUT2D eigenvalue weighted by molar-refractivity contribution is 6.31. The second-order valence-corrected chi connectivity index (χ2v) is 6.59. The van der Waals surface area contributed by atoms with Crippen LogP contribution < -0.4 is 5.32 Å². The van der Waals surface area contributed by atoms with Gasteiger partial charge in [0.1, 0.15) is 0 Å². The van der Waals surface area contributed by atoms with E-state index in [0.717, 1.165) is 30.4 Å². The van der Waals surface area contributed by atoms with Crippen molar-refractivity contribution in [3.05, 3.63) is 76.8 Å². The van der Waals surface area contributed by atoms with Gasteiger partial charge in [-0.1, -0.05) is 60.2 Å². The Balaban J connectivity index is 1.77. The number of amides is 1. The number of halogens is 1. The van der Waals surface area contributed by atoms with E-state index >= 15 is 0 Å². The van der Waals surface area contributed by atoms with E-state index in [4.69, 9.17) is 11.6 Å². The minimum absolute atomic E-state index is 0.0135. The SMILES string of the molecule is N#CC(c1ccccc1)c1ccc(NC(=O)C2CC=CCC2)cc1Cl. The highest BCUT2D eigenvalue weighted by atomic mass is 35.5. The number of benzene rings is 2. The molecule has 0 bridgehead atoms. The normalized spacial score (nSPS) is 17.5. The van der Waals surface area contributed by atoms with E-state index in [9.17, 15) is 10.1 Å². The van der Waals surface area contributed by atoms with Crippen LogP contribution in [0.2, 0.25) is 5.02 Å². The average Bonchev–Trinajstić information content (AvgIpc) is 2.65. The number of nitrogens with one attached hydrogen (secondary N) is 1. The topological polar surface area (TPSA) is 52.9 Å². The fourth-order valence-corrected chi connectivity index (χ4v) is 3.37. The Morgan fingerprint density at radius 2 is 2.00 bits per heavy atom. The molecule has 0 spiro atoms. The van der Waals surface area contributed by atoms with Crippen molar-refractivity contribution >= 4 is 23.2 Å². The summed E-state index contributed by atoms with van der Waals surface area (Å²) in [4.78, 5) is 12.3. The first-order valence-corrected chi connectivity index (χ1v) is 8.76. The number of allylic oxidation sites excluding steroid dienone is 2. The number of carbonyl (C=O) groups excluding carboxylic acids is 1.